The number of methoxy groups -OCH3 is 1. The predicted octanol–water partition coefficient (Wildman–Crippen LogP) is 4.91. The van der Waals surface area contributed by atoms with E-state index in [-0.39, 0.29) is 0 Å². The molecule has 0 fully saturated rings. The molecule has 0 aliphatic rings. The monoisotopic (exact) mass is 453 g/mol. The molecule has 0 saturated heterocycles. The first-order valence-corrected chi connectivity index (χ1v) is 11.2. The first kappa shape index (κ1) is 19.7. The number of benzene rings is 2. The molecular formula is C21H15N3O5S2. The number of hydrogen-bond acceptors (Lipinski definition) is 10. The molecule has 3 aromatic heterocycles. The van der Waals surface area contributed by atoms with E-state index in [1.54, 1.807) is 19.2 Å². The van der Waals surface area contributed by atoms with Gasteiger partial charge in [-0.05, 0) is 35.9 Å². The summed E-state index contributed by atoms with van der Waals surface area (Å²) in [6.45, 7) is 0. The van der Waals surface area contributed by atoms with Crippen molar-refractivity contribution in [2.45, 2.75) is 22.0 Å². The third kappa shape index (κ3) is 4.30. The van der Waals surface area contributed by atoms with Crippen molar-refractivity contribution in [1.82, 2.24) is 15.2 Å². The van der Waals surface area contributed by atoms with Gasteiger partial charge < -0.3 is 18.0 Å². The summed E-state index contributed by atoms with van der Waals surface area (Å²) in [4.78, 5) is 16.3. The van der Waals surface area contributed by atoms with Crippen LogP contribution >= 0.6 is 23.5 Å². The molecule has 0 atom stereocenters. The number of hydrogen-bond donors (Lipinski definition) is 0. The van der Waals surface area contributed by atoms with E-state index in [4.69, 9.17) is 18.0 Å². The van der Waals surface area contributed by atoms with Crippen LogP contribution in [0.15, 0.2) is 77.0 Å². The Morgan fingerprint density at radius 3 is 2.65 bits per heavy atom. The molecule has 0 aliphatic carbocycles. The van der Waals surface area contributed by atoms with Crippen LogP contribution in [0, 0.1) is 0 Å². The molecule has 0 spiro atoms. The quantitative estimate of drug-likeness (QED) is 0.249. The molecular weight excluding hydrogens is 438 g/mol. The zero-order chi connectivity index (χ0) is 21.2. The summed E-state index contributed by atoms with van der Waals surface area (Å²) >= 11 is 2.73. The number of para-hydroxylation sites is 2. The minimum absolute atomic E-state index is 0.408. The highest BCUT2D eigenvalue weighted by molar-refractivity contribution is 7.98. The molecule has 2 aromatic carbocycles. The first-order valence-electron chi connectivity index (χ1n) is 9.22. The van der Waals surface area contributed by atoms with Gasteiger partial charge in [0.15, 0.2) is 5.58 Å². The van der Waals surface area contributed by atoms with Crippen molar-refractivity contribution in [2.75, 3.05) is 7.11 Å². The van der Waals surface area contributed by atoms with Gasteiger partial charge >= 0.3 is 5.63 Å². The molecule has 0 bridgehead atoms. The molecule has 0 amide bonds. The van der Waals surface area contributed by atoms with Gasteiger partial charge in [0, 0.05) is 17.2 Å². The smallest absolute Gasteiger partial charge is 0.336 e. The molecule has 0 unspecified atom stereocenters. The maximum Gasteiger partial charge on any atom is 0.336 e. The Balaban J connectivity index is 1.27. The number of fused-ring (bicyclic) bond motifs is 2. The summed E-state index contributed by atoms with van der Waals surface area (Å²) in [6.07, 6.45) is 0. The Hall–Kier alpha value is -3.24. The minimum atomic E-state index is -0.408. The summed E-state index contributed by atoms with van der Waals surface area (Å²) in [5.41, 5.74) is 2.45. The second kappa shape index (κ2) is 8.48. The second-order valence-corrected chi connectivity index (χ2v) is 8.29. The van der Waals surface area contributed by atoms with E-state index in [0.29, 0.717) is 39.2 Å². The molecule has 0 radical (unpaired) electrons. The van der Waals surface area contributed by atoms with Crippen LogP contribution in [-0.4, -0.2) is 22.3 Å². The summed E-state index contributed by atoms with van der Waals surface area (Å²) in [7, 11) is 1.59. The van der Waals surface area contributed by atoms with Crippen molar-refractivity contribution in [3.8, 4) is 5.75 Å². The Labute approximate surface area is 184 Å². The maximum absolute atomic E-state index is 11.9. The average molecular weight is 454 g/mol. The minimum Gasteiger partial charge on any atom is -0.497 e. The third-order valence-electron chi connectivity index (χ3n) is 4.43. The molecule has 3 heterocycles. The summed E-state index contributed by atoms with van der Waals surface area (Å²) in [6, 6.07) is 14.4. The van der Waals surface area contributed by atoms with E-state index in [1.165, 1.54) is 29.6 Å². The highest BCUT2D eigenvalue weighted by atomic mass is 32.2. The van der Waals surface area contributed by atoms with Gasteiger partial charge in [-0.25, -0.2) is 9.78 Å². The zero-order valence-corrected chi connectivity index (χ0v) is 17.9. The second-order valence-electron chi connectivity index (χ2n) is 6.44. The van der Waals surface area contributed by atoms with Crippen LogP contribution in [0.4, 0.5) is 0 Å². The highest BCUT2D eigenvalue weighted by Gasteiger charge is 2.13. The topological polar surface area (TPSA) is 104 Å². The summed E-state index contributed by atoms with van der Waals surface area (Å²) in [5, 5.41) is 9.92. The maximum atomic E-state index is 11.9. The normalized spacial score (nSPS) is 11.4. The van der Waals surface area contributed by atoms with Gasteiger partial charge in [0.2, 0.25) is 5.89 Å². The van der Waals surface area contributed by atoms with Crippen LogP contribution in [0.5, 0.6) is 5.75 Å². The molecule has 5 rings (SSSR count). The highest BCUT2D eigenvalue weighted by Crippen LogP contribution is 2.30. The fourth-order valence-corrected chi connectivity index (χ4v) is 4.43. The van der Waals surface area contributed by atoms with Gasteiger partial charge in [-0.1, -0.05) is 35.7 Å². The lowest BCUT2D eigenvalue weighted by molar-refractivity contribution is 0.415. The van der Waals surface area contributed by atoms with Crippen molar-refractivity contribution in [3.63, 3.8) is 0 Å². The van der Waals surface area contributed by atoms with Crippen LogP contribution < -0.4 is 10.4 Å². The zero-order valence-electron chi connectivity index (χ0n) is 16.2. The lowest BCUT2D eigenvalue weighted by Gasteiger charge is -2.06. The van der Waals surface area contributed by atoms with Gasteiger partial charge in [0.05, 0.1) is 12.9 Å². The van der Waals surface area contributed by atoms with E-state index < -0.39 is 5.63 Å². The molecule has 0 saturated carbocycles. The van der Waals surface area contributed by atoms with E-state index in [1.807, 2.05) is 30.3 Å². The van der Waals surface area contributed by atoms with Gasteiger partial charge in [-0.15, -0.1) is 10.2 Å². The van der Waals surface area contributed by atoms with Crippen molar-refractivity contribution in [1.29, 1.82) is 0 Å². The van der Waals surface area contributed by atoms with E-state index >= 15 is 0 Å². The number of thioether (sulfide) groups is 2. The number of rotatable bonds is 7. The Bertz CT molecular complexity index is 1390. The number of ether oxygens (including phenoxy) is 1. The molecule has 0 aliphatic heterocycles. The third-order valence-corrected chi connectivity index (χ3v) is 6.11. The van der Waals surface area contributed by atoms with Gasteiger partial charge in [-0.3, -0.25) is 0 Å². The molecule has 156 valence electrons. The lowest BCUT2D eigenvalue weighted by atomic mass is 10.1. The van der Waals surface area contributed by atoms with Crippen molar-refractivity contribution >= 4 is 45.6 Å². The fraction of sp³-hybridized carbons (Fsp3) is 0.143. The molecule has 0 N–H and O–H groups in total. The lowest BCUT2D eigenvalue weighted by Crippen LogP contribution is -2.00. The van der Waals surface area contributed by atoms with Crippen molar-refractivity contribution in [3.05, 3.63) is 70.4 Å². The standard InChI is InChI=1S/C21H15N3O5S2/c1-26-13-6-7-16-14(9-13)12(8-19(25)27-16)10-30-21-24-23-18(29-21)11-31-20-22-15-4-2-3-5-17(15)28-20/h2-9H,10-11H2,1H3. The number of aromatic nitrogens is 3. The number of oxazole rings is 1. The Kier molecular flexibility index (Phi) is 5.39. The SMILES string of the molecule is COc1ccc2oc(=O)cc(CSc3nnc(CSc4nc5ccccc5o4)o3)c2c1. The van der Waals surface area contributed by atoms with E-state index in [0.717, 1.165) is 22.0 Å². The number of nitrogens with zero attached hydrogens (tertiary/aromatic N) is 3. The first-order chi connectivity index (χ1) is 15.2. The van der Waals surface area contributed by atoms with Crippen LogP contribution in [0.3, 0.4) is 0 Å². The molecule has 31 heavy (non-hydrogen) atoms. The van der Waals surface area contributed by atoms with Gasteiger partial charge in [0.1, 0.15) is 16.8 Å². The van der Waals surface area contributed by atoms with E-state index in [2.05, 4.69) is 15.2 Å². The van der Waals surface area contributed by atoms with Gasteiger partial charge in [0.25, 0.3) is 10.4 Å². The summed E-state index contributed by atoms with van der Waals surface area (Å²) < 4.78 is 21.9. The van der Waals surface area contributed by atoms with Crippen LogP contribution in [0.25, 0.3) is 22.1 Å². The average Bonchev–Trinajstić information content (AvgIpc) is 3.42. The molecule has 5 aromatic rings. The van der Waals surface area contributed by atoms with Gasteiger partial charge in [-0.2, -0.15) is 0 Å². The Morgan fingerprint density at radius 1 is 0.903 bits per heavy atom. The fourth-order valence-electron chi connectivity index (χ4n) is 2.98. The molecule has 8 nitrogen and oxygen atoms in total. The predicted molar refractivity (Wildman–Crippen MR) is 116 cm³/mol. The van der Waals surface area contributed by atoms with E-state index in [9.17, 15) is 4.79 Å². The van der Waals surface area contributed by atoms with Crippen LogP contribution in [0.2, 0.25) is 0 Å². The van der Waals surface area contributed by atoms with Crippen LogP contribution in [-0.2, 0) is 11.5 Å². The summed E-state index contributed by atoms with van der Waals surface area (Å²) in [5.74, 6) is 2.06. The molecule has 10 heteroatoms. The Morgan fingerprint density at radius 2 is 1.77 bits per heavy atom. The largest absolute Gasteiger partial charge is 0.497 e. The van der Waals surface area contributed by atoms with Crippen molar-refractivity contribution < 1.29 is 18.0 Å². The van der Waals surface area contributed by atoms with Crippen molar-refractivity contribution in [2.24, 2.45) is 0 Å². The van der Waals surface area contributed by atoms with Crippen LogP contribution in [0.1, 0.15) is 11.5 Å².